The van der Waals surface area contributed by atoms with Gasteiger partial charge in [-0.05, 0) is 55.5 Å². The van der Waals surface area contributed by atoms with Gasteiger partial charge in [0.05, 0.1) is 0 Å². The number of rotatable bonds is 4. The van der Waals surface area contributed by atoms with Crippen LogP contribution in [0, 0.1) is 17.9 Å². The summed E-state index contributed by atoms with van der Waals surface area (Å²) in [6.07, 6.45) is 6.15. The Morgan fingerprint density at radius 3 is 1.96 bits per heavy atom. The monoisotopic (exact) mass is 300 g/mol. The highest BCUT2D eigenvalue weighted by Crippen LogP contribution is 2.51. The maximum absolute atomic E-state index is 3.76. The molecule has 2 aromatic rings. The molecule has 0 bridgehead atoms. The topological polar surface area (TPSA) is 0 Å². The van der Waals surface area contributed by atoms with E-state index in [1.165, 1.54) is 27.8 Å². The van der Waals surface area contributed by atoms with E-state index in [1.807, 2.05) is 0 Å². The molecule has 0 amide bonds. The Morgan fingerprint density at radius 1 is 0.870 bits per heavy atom. The van der Waals surface area contributed by atoms with Crippen molar-refractivity contribution in [2.45, 2.75) is 33.6 Å². The van der Waals surface area contributed by atoms with Crippen molar-refractivity contribution in [1.29, 1.82) is 0 Å². The Kier molecular flexibility index (Phi) is 4.26. The molecule has 2 aromatic carbocycles. The average molecular weight is 300 g/mol. The van der Waals surface area contributed by atoms with Crippen molar-refractivity contribution in [3.63, 3.8) is 0 Å². The standard InChI is InChI=1S/C23H24/c1-17-16-23(4,19(3)18(17)2)22(21-13-9-6-10-14-21)15-20-11-7-5-8-12-20/h5-15,22H,1-4H3. The van der Waals surface area contributed by atoms with E-state index < -0.39 is 0 Å². The zero-order valence-electron chi connectivity index (χ0n) is 14.4. The fourth-order valence-electron chi connectivity index (χ4n) is 3.57. The number of benzene rings is 2. The van der Waals surface area contributed by atoms with Crippen molar-refractivity contribution in [2.24, 2.45) is 5.41 Å². The van der Waals surface area contributed by atoms with Crippen LogP contribution in [0.4, 0.5) is 0 Å². The Balaban J connectivity index is 2.07. The Bertz CT molecular complexity index is 734. The van der Waals surface area contributed by atoms with E-state index >= 15 is 0 Å². The SMILES string of the molecule is CC1=[C]C(C)(C([CH]c2ccccc2)c2ccccc2)C(C)=C1C. The van der Waals surface area contributed by atoms with Crippen LogP contribution in [0.5, 0.6) is 0 Å². The van der Waals surface area contributed by atoms with Gasteiger partial charge in [0.15, 0.2) is 0 Å². The lowest BCUT2D eigenvalue weighted by molar-refractivity contribution is 0.431. The molecule has 0 heterocycles. The van der Waals surface area contributed by atoms with Crippen LogP contribution in [-0.4, -0.2) is 0 Å². The average Bonchev–Trinajstić information content (AvgIpc) is 2.78. The summed E-state index contributed by atoms with van der Waals surface area (Å²) in [5.74, 6) is 0.276. The predicted molar refractivity (Wildman–Crippen MR) is 97.9 cm³/mol. The summed E-state index contributed by atoms with van der Waals surface area (Å²) in [6.45, 7) is 8.97. The largest absolute Gasteiger partial charge is 0.0622 e. The number of hydrogen-bond donors (Lipinski definition) is 0. The molecule has 0 spiro atoms. The molecule has 2 radical (unpaired) electrons. The van der Waals surface area contributed by atoms with Gasteiger partial charge in [0.2, 0.25) is 0 Å². The molecule has 3 rings (SSSR count). The molecule has 1 aliphatic rings. The van der Waals surface area contributed by atoms with Gasteiger partial charge in [0.1, 0.15) is 0 Å². The summed E-state index contributed by atoms with van der Waals surface area (Å²) in [5, 5.41) is 0. The minimum Gasteiger partial charge on any atom is -0.0622 e. The zero-order valence-corrected chi connectivity index (χ0v) is 14.4. The molecule has 0 nitrogen and oxygen atoms in total. The highest BCUT2D eigenvalue weighted by Gasteiger charge is 2.39. The third-order valence-corrected chi connectivity index (χ3v) is 5.29. The van der Waals surface area contributed by atoms with Crippen LogP contribution in [-0.2, 0) is 0 Å². The van der Waals surface area contributed by atoms with Gasteiger partial charge in [-0.1, -0.05) is 73.2 Å². The maximum Gasteiger partial charge on any atom is 0.0217 e. The van der Waals surface area contributed by atoms with Gasteiger partial charge < -0.3 is 0 Å². The first-order chi connectivity index (χ1) is 11.0. The third kappa shape index (κ3) is 2.91. The molecule has 23 heavy (non-hydrogen) atoms. The van der Waals surface area contributed by atoms with E-state index in [0.717, 1.165) is 0 Å². The first-order valence-corrected chi connectivity index (χ1v) is 8.27. The smallest absolute Gasteiger partial charge is 0.0217 e. The molecule has 1 aliphatic carbocycles. The molecule has 0 saturated carbocycles. The van der Waals surface area contributed by atoms with Gasteiger partial charge >= 0.3 is 0 Å². The second-order valence-electron chi connectivity index (χ2n) is 6.67. The summed E-state index contributed by atoms with van der Waals surface area (Å²) in [7, 11) is 0. The van der Waals surface area contributed by atoms with E-state index in [1.54, 1.807) is 0 Å². The number of allylic oxidation sites excluding steroid dienone is 4. The van der Waals surface area contributed by atoms with Crippen molar-refractivity contribution in [3.8, 4) is 0 Å². The second-order valence-corrected chi connectivity index (χ2v) is 6.67. The van der Waals surface area contributed by atoms with Crippen LogP contribution in [0.2, 0.25) is 0 Å². The summed E-state index contributed by atoms with van der Waals surface area (Å²) < 4.78 is 0. The van der Waals surface area contributed by atoms with Gasteiger partial charge in [-0.25, -0.2) is 0 Å². The van der Waals surface area contributed by atoms with Crippen molar-refractivity contribution < 1.29 is 0 Å². The predicted octanol–water partition coefficient (Wildman–Crippen LogP) is 6.13. The van der Waals surface area contributed by atoms with Crippen LogP contribution in [0.3, 0.4) is 0 Å². The third-order valence-electron chi connectivity index (χ3n) is 5.29. The summed E-state index contributed by atoms with van der Waals surface area (Å²) in [4.78, 5) is 0. The molecule has 0 saturated heterocycles. The Morgan fingerprint density at radius 2 is 1.43 bits per heavy atom. The molecule has 2 unspecified atom stereocenters. The van der Waals surface area contributed by atoms with Crippen LogP contribution in [0.1, 0.15) is 44.7 Å². The highest BCUT2D eigenvalue weighted by atomic mass is 14.4. The molecule has 116 valence electrons. The van der Waals surface area contributed by atoms with Crippen LogP contribution >= 0.6 is 0 Å². The normalized spacial score (nSPS) is 22.2. The lowest BCUT2D eigenvalue weighted by Crippen LogP contribution is -2.25. The van der Waals surface area contributed by atoms with Crippen LogP contribution < -0.4 is 0 Å². The van der Waals surface area contributed by atoms with Crippen molar-refractivity contribution in [1.82, 2.24) is 0 Å². The van der Waals surface area contributed by atoms with E-state index in [2.05, 4.69) is 101 Å². The minimum absolute atomic E-state index is 0.0919. The molecule has 0 fully saturated rings. The van der Waals surface area contributed by atoms with E-state index in [-0.39, 0.29) is 11.3 Å². The molecule has 0 aliphatic heterocycles. The second kappa shape index (κ2) is 6.20. The van der Waals surface area contributed by atoms with Gasteiger partial charge in [-0.15, -0.1) is 0 Å². The van der Waals surface area contributed by atoms with Gasteiger partial charge in [0, 0.05) is 11.3 Å². The molecule has 0 aromatic heterocycles. The van der Waals surface area contributed by atoms with Crippen molar-refractivity contribution >= 4 is 0 Å². The van der Waals surface area contributed by atoms with Crippen molar-refractivity contribution in [3.05, 3.63) is 101 Å². The Hall–Kier alpha value is -2.08. The number of hydrogen-bond acceptors (Lipinski definition) is 0. The summed E-state index contributed by atoms with van der Waals surface area (Å²) in [6, 6.07) is 21.4. The van der Waals surface area contributed by atoms with Crippen molar-refractivity contribution in [2.75, 3.05) is 0 Å². The molecular weight excluding hydrogens is 276 g/mol. The zero-order chi connectivity index (χ0) is 16.4. The molecule has 2 atom stereocenters. The molecule has 0 heteroatoms. The van der Waals surface area contributed by atoms with E-state index in [9.17, 15) is 0 Å². The summed E-state index contributed by atoms with van der Waals surface area (Å²) >= 11 is 0. The van der Waals surface area contributed by atoms with Crippen LogP contribution in [0.25, 0.3) is 0 Å². The lowest BCUT2D eigenvalue weighted by Gasteiger charge is -2.35. The van der Waals surface area contributed by atoms with E-state index in [0.29, 0.717) is 0 Å². The first-order valence-electron chi connectivity index (χ1n) is 8.27. The van der Waals surface area contributed by atoms with Gasteiger partial charge in [-0.3, -0.25) is 0 Å². The lowest BCUT2D eigenvalue weighted by atomic mass is 9.68. The summed E-state index contributed by atoms with van der Waals surface area (Å²) in [5.41, 5.74) is 6.61. The van der Waals surface area contributed by atoms with Gasteiger partial charge in [0.25, 0.3) is 0 Å². The quantitative estimate of drug-likeness (QED) is 0.637. The first kappa shape index (κ1) is 15.8. The van der Waals surface area contributed by atoms with Crippen LogP contribution in [0.15, 0.2) is 77.4 Å². The fraction of sp³-hybridized carbons (Fsp3) is 0.261. The maximum atomic E-state index is 3.76. The Labute approximate surface area is 140 Å². The fourth-order valence-corrected chi connectivity index (χ4v) is 3.57. The highest BCUT2D eigenvalue weighted by molar-refractivity contribution is 5.48. The molecule has 0 N–H and O–H groups in total. The van der Waals surface area contributed by atoms with Gasteiger partial charge in [-0.2, -0.15) is 0 Å². The minimum atomic E-state index is -0.0919. The van der Waals surface area contributed by atoms with E-state index in [4.69, 9.17) is 0 Å². The molecular formula is C23H24.